The van der Waals surface area contributed by atoms with Gasteiger partial charge in [-0.25, -0.2) is 4.99 Å². The highest BCUT2D eigenvalue weighted by Crippen LogP contribution is 2.34. The van der Waals surface area contributed by atoms with Crippen molar-refractivity contribution in [2.45, 2.75) is 19.1 Å². The van der Waals surface area contributed by atoms with Gasteiger partial charge in [-0.1, -0.05) is 18.2 Å². The lowest BCUT2D eigenvalue weighted by molar-refractivity contribution is -0.384. The van der Waals surface area contributed by atoms with Crippen LogP contribution in [0.3, 0.4) is 0 Å². The Balaban J connectivity index is 1.57. The first kappa shape index (κ1) is 25.9. The second-order valence-corrected chi connectivity index (χ2v) is 8.49. The number of hydrogen-bond acceptors (Lipinski definition) is 8. The van der Waals surface area contributed by atoms with Gasteiger partial charge in [0.1, 0.15) is 6.04 Å². The van der Waals surface area contributed by atoms with Gasteiger partial charge in [0.2, 0.25) is 11.9 Å². The van der Waals surface area contributed by atoms with Crippen LogP contribution in [0.2, 0.25) is 0 Å². The lowest BCUT2D eigenvalue weighted by Gasteiger charge is -2.39. The number of nitro benzene ring substituents is 1. The van der Waals surface area contributed by atoms with Crippen LogP contribution < -0.4 is 10.2 Å². The first-order chi connectivity index (χ1) is 17.6. The predicted octanol–water partition coefficient (Wildman–Crippen LogP) is 3.14. The molecule has 0 aromatic heterocycles. The Labute approximate surface area is 209 Å². The first-order valence-corrected chi connectivity index (χ1v) is 11.5. The van der Waals surface area contributed by atoms with E-state index in [1.165, 1.54) is 24.3 Å². The maximum Gasteiger partial charge on any atom is 0.416 e. The minimum atomic E-state index is -4.45. The van der Waals surface area contributed by atoms with Crippen LogP contribution in [0.15, 0.2) is 53.5 Å². The Morgan fingerprint density at radius 3 is 2.46 bits per heavy atom. The number of carbonyl (C=O) groups is 2. The van der Waals surface area contributed by atoms with Crippen LogP contribution >= 0.6 is 0 Å². The first-order valence-electron chi connectivity index (χ1n) is 11.5. The number of alkyl halides is 3. The average molecular weight is 519 g/mol. The predicted molar refractivity (Wildman–Crippen MR) is 127 cm³/mol. The Kier molecular flexibility index (Phi) is 7.32. The third-order valence-electron chi connectivity index (χ3n) is 6.18. The summed E-state index contributed by atoms with van der Waals surface area (Å²) in [7, 11) is 0. The molecule has 37 heavy (non-hydrogen) atoms. The van der Waals surface area contributed by atoms with Gasteiger partial charge in [0.25, 0.3) is 5.69 Å². The molecule has 196 valence electrons. The van der Waals surface area contributed by atoms with Gasteiger partial charge in [0, 0.05) is 44.0 Å². The van der Waals surface area contributed by atoms with Gasteiger partial charge in [-0.3, -0.25) is 25.0 Å². The number of piperazine rings is 1. The summed E-state index contributed by atoms with van der Waals surface area (Å²) in [5.41, 5.74) is -0.207. The van der Waals surface area contributed by atoms with E-state index >= 15 is 0 Å². The highest BCUT2D eigenvalue weighted by atomic mass is 19.4. The fourth-order valence-corrected chi connectivity index (χ4v) is 4.34. The average Bonchev–Trinajstić information content (AvgIpc) is 2.88. The Bertz CT molecular complexity index is 1230. The van der Waals surface area contributed by atoms with Crippen molar-refractivity contribution in [2.75, 3.05) is 37.7 Å². The van der Waals surface area contributed by atoms with Crippen molar-refractivity contribution in [3.05, 3.63) is 69.8 Å². The van der Waals surface area contributed by atoms with Crippen molar-refractivity contribution in [1.29, 1.82) is 0 Å². The number of amides is 1. The Hall–Kier alpha value is -4.16. The van der Waals surface area contributed by atoms with Gasteiger partial charge in [0.15, 0.2) is 5.92 Å². The van der Waals surface area contributed by atoms with E-state index in [0.717, 1.165) is 12.1 Å². The lowest BCUT2D eigenvalue weighted by Crippen LogP contribution is -2.57. The fourth-order valence-electron chi connectivity index (χ4n) is 4.34. The monoisotopic (exact) mass is 519 g/mol. The number of non-ortho nitro benzene ring substituents is 1. The SMILES string of the molecule is CCOC(=O)[C@H]1C(=O)NC(N2CCN(c3cccc(C(F)(F)F)c3)CC2)=N[C@@H]1c1cccc([N+](=O)[O-])c1. The van der Waals surface area contributed by atoms with Gasteiger partial charge >= 0.3 is 12.1 Å². The number of esters is 1. The molecule has 0 radical (unpaired) electrons. The molecular weight excluding hydrogens is 495 g/mol. The second-order valence-electron chi connectivity index (χ2n) is 8.49. The Morgan fingerprint density at radius 2 is 1.81 bits per heavy atom. The molecular formula is C24H24F3N5O5. The topological polar surface area (TPSA) is 117 Å². The Morgan fingerprint density at radius 1 is 1.14 bits per heavy atom. The molecule has 4 rings (SSSR count). The van der Waals surface area contributed by atoms with Gasteiger partial charge in [0.05, 0.1) is 17.1 Å². The van der Waals surface area contributed by atoms with Crippen molar-refractivity contribution in [3.8, 4) is 0 Å². The smallest absolute Gasteiger partial charge is 0.416 e. The van der Waals surface area contributed by atoms with Crippen molar-refractivity contribution in [3.63, 3.8) is 0 Å². The van der Waals surface area contributed by atoms with Crippen LogP contribution in [0.1, 0.15) is 24.1 Å². The van der Waals surface area contributed by atoms with E-state index < -0.39 is 40.5 Å². The quantitative estimate of drug-likeness (QED) is 0.279. The van der Waals surface area contributed by atoms with Crippen molar-refractivity contribution in [1.82, 2.24) is 10.2 Å². The van der Waals surface area contributed by atoms with Crippen LogP contribution in [0.4, 0.5) is 24.5 Å². The van der Waals surface area contributed by atoms with E-state index in [2.05, 4.69) is 10.3 Å². The highest BCUT2D eigenvalue weighted by molar-refractivity contribution is 6.08. The molecule has 0 spiro atoms. The van der Waals surface area contributed by atoms with E-state index in [-0.39, 0.29) is 18.3 Å². The van der Waals surface area contributed by atoms with Crippen molar-refractivity contribution >= 4 is 29.2 Å². The summed E-state index contributed by atoms with van der Waals surface area (Å²) in [6, 6.07) is 9.58. The summed E-state index contributed by atoms with van der Waals surface area (Å²) in [5.74, 6) is -2.60. The molecule has 0 bridgehead atoms. The number of carbonyl (C=O) groups excluding carboxylic acids is 2. The number of nitro groups is 1. The summed E-state index contributed by atoms with van der Waals surface area (Å²) in [6.45, 7) is 3.03. The standard InChI is InChI=1S/C24H24F3N5O5/c1-2-37-22(34)19-20(15-5-3-8-18(13-15)32(35)36)28-23(29-21(19)33)31-11-9-30(10-12-31)17-7-4-6-16(14-17)24(25,26)27/h3-8,13-14,19-20H,2,9-12H2,1H3,(H,28,29,33)/t19-,20-/m1/s1. The minimum Gasteiger partial charge on any atom is -0.465 e. The number of guanidine groups is 1. The molecule has 1 fully saturated rings. The molecule has 2 aromatic carbocycles. The molecule has 2 atom stereocenters. The lowest BCUT2D eigenvalue weighted by atomic mass is 9.91. The zero-order valence-corrected chi connectivity index (χ0v) is 19.8. The summed E-state index contributed by atoms with van der Waals surface area (Å²) in [6.07, 6.45) is -4.45. The molecule has 1 N–H and O–H groups in total. The molecule has 10 nitrogen and oxygen atoms in total. The molecule has 0 aliphatic carbocycles. The highest BCUT2D eigenvalue weighted by Gasteiger charge is 2.42. The number of ether oxygens (including phenoxy) is 1. The maximum absolute atomic E-state index is 13.1. The van der Waals surface area contributed by atoms with E-state index in [1.807, 2.05) is 0 Å². The number of aliphatic imine (C=N–C) groups is 1. The van der Waals surface area contributed by atoms with Crippen molar-refractivity contribution in [2.24, 2.45) is 10.9 Å². The van der Waals surface area contributed by atoms with E-state index in [4.69, 9.17) is 4.74 Å². The molecule has 1 amide bonds. The number of anilines is 1. The minimum absolute atomic E-state index is 0.0400. The summed E-state index contributed by atoms with van der Waals surface area (Å²) < 4.78 is 44.4. The van der Waals surface area contributed by atoms with Crippen LogP contribution in [-0.4, -0.2) is 60.4 Å². The van der Waals surface area contributed by atoms with Crippen LogP contribution in [0.25, 0.3) is 0 Å². The van der Waals surface area contributed by atoms with E-state index in [0.29, 0.717) is 37.4 Å². The van der Waals surface area contributed by atoms with Crippen LogP contribution in [0, 0.1) is 16.0 Å². The maximum atomic E-state index is 13.1. The summed E-state index contributed by atoms with van der Waals surface area (Å²) >= 11 is 0. The molecule has 2 aromatic rings. The zero-order valence-electron chi connectivity index (χ0n) is 19.8. The van der Waals surface area contributed by atoms with E-state index in [1.54, 1.807) is 28.9 Å². The number of nitrogens with one attached hydrogen (secondary N) is 1. The van der Waals surface area contributed by atoms with Crippen LogP contribution in [0.5, 0.6) is 0 Å². The fraction of sp³-hybridized carbons (Fsp3) is 0.375. The largest absolute Gasteiger partial charge is 0.465 e. The molecule has 0 unspecified atom stereocenters. The van der Waals surface area contributed by atoms with Gasteiger partial charge in [-0.2, -0.15) is 13.2 Å². The second kappa shape index (κ2) is 10.4. The number of nitrogens with zero attached hydrogens (tertiary/aromatic N) is 4. The van der Waals surface area contributed by atoms with Gasteiger partial charge in [-0.05, 0) is 30.7 Å². The van der Waals surface area contributed by atoms with Crippen molar-refractivity contribution < 1.29 is 32.4 Å². The van der Waals surface area contributed by atoms with Gasteiger partial charge < -0.3 is 14.5 Å². The molecule has 2 aliphatic rings. The number of benzene rings is 2. The number of halogens is 3. The number of rotatable bonds is 5. The number of hydrogen-bond donors (Lipinski definition) is 1. The molecule has 2 heterocycles. The summed E-state index contributed by atoms with van der Waals surface area (Å²) in [5, 5.41) is 13.9. The third kappa shape index (κ3) is 5.65. The summed E-state index contributed by atoms with van der Waals surface area (Å²) in [4.78, 5) is 44.5. The van der Waals surface area contributed by atoms with Gasteiger partial charge in [-0.15, -0.1) is 0 Å². The molecule has 13 heteroatoms. The third-order valence-corrected chi connectivity index (χ3v) is 6.18. The zero-order chi connectivity index (χ0) is 26.7. The molecule has 1 saturated heterocycles. The van der Waals surface area contributed by atoms with E-state index in [9.17, 15) is 32.9 Å². The normalized spacial score (nSPS) is 20.2. The molecule has 2 aliphatic heterocycles. The molecule has 0 saturated carbocycles. The van der Waals surface area contributed by atoms with Crippen LogP contribution in [-0.2, 0) is 20.5 Å².